The number of methoxy groups -OCH3 is 1. The Kier molecular flexibility index (Phi) is 5.71. The summed E-state index contributed by atoms with van der Waals surface area (Å²) in [6, 6.07) is 8.07. The Hall–Kier alpha value is -1.02. The predicted octanol–water partition coefficient (Wildman–Crippen LogP) is 3.96. The molecule has 1 aromatic carbocycles. The first-order chi connectivity index (χ1) is 9.29. The van der Waals surface area contributed by atoms with Crippen LogP contribution in [0.25, 0.3) is 0 Å². The van der Waals surface area contributed by atoms with Gasteiger partial charge < -0.3 is 9.84 Å². The average molecular weight is 262 g/mol. The highest BCUT2D eigenvalue weighted by Gasteiger charge is 2.20. The summed E-state index contributed by atoms with van der Waals surface area (Å²) in [4.78, 5) is 0. The Labute approximate surface area is 116 Å². The number of hydrogen-bond donors (Lipinski definition) is 1. The van der Waals surface area contributed by atoms with Crippen molar-refractivity contribution in [2.75, 3.05) is 7.11 Å². The molecule has 1 N–H and O–H groups in total. The van der Waals surface area contributed by atoms with Crippen molar-refractivity contribution < 1.29 is 9.84 Å². The van der Waals surface area contributed by atoms with Crippen LogP contribution in [0.2, 0.25) is 0 Å². The van der Waals surface area contributed by atoms with Gasteiger partial charge in [-0.15, -0.1) is 0 Å². The van der Waals surface area contributed by atoms with Crippen LogP contribution in [-0.2, 0) is 6.42 Å². The molecule has 1 aliphatic carbocycles. The summed E-state index contributed by atoms with van der Waals surface area (Å²) in [5, 5.41) is 10.4. The standard InChI is InChI=1S/C17H26O2/c1-19-16-11-9-14(10-12-16)13-17(18)15-7-5-3-2-4-6-8-15/h9-12,15,17-18H,2-8,13H2,1H3. The minimum absolute atomic E-state index is 0.188. The van der Waals surface area contributed by atoms with E-state index < -0.39 is 0 Å². The highest BCUT2D eigenvalue weighted by atomic mass is 16.5. The van der Waals surface area contributed by atoms with Crippen molar-refractivity contribution >= 4 is 0 Å². The highest BCUT2D eigenvalue weighted by Crippen LogP contribution is 2.26. The van der Waals surface area contributed by atoms with Crippen LogP contribution in [0.5, 0.6) is 5.75 Å². The van der Waals surface area contributed by atoms with Crippen molar-refractivity contribution in [3.05, 3.63) is 29.8 Å². The van der Waals surface area contributed by atoms with E-state index in [1.807, 2.05) is 12.1 Å². The van der Waals surface area contributed by atoms with Gasteiger partial charge in [0.1, 0.15) is 5.75 Å². The summed E-state index contributed by atoms with van der Waals surface area (Å²) in [5.41, 5.74) is 1.20. The molecule has 1 aliphatic rings. The van der Waals surface area contributed by atoms with Gasteiger partial charge in [0.25, 0.3) is 0 Å². The third-order valence-electron chi connectivity index (χ3n) is 4.30. The van der Waals surface area contributed by atoms with Crippen LogP contribution >= 0.6 is 0 Å². The first-order valence-corrected chi connectivity index (χ1v) is 7.60. The largest absolute Gasteiger partial charge is 0.497 e. The molecule has 0 aromatic heterocycles. The molecular weight excluding hydrogens is 236 g/mol. The third-order valence-corrected chi connectivity index (χ3v) is 4.30. The molecule has 0 radical (unpaired) electrons. The van der Waals surface area contributed by atoms with Crippen LogP contribution in [0.3, 0.4) is 0 Å². The second kappa shape index (κ2) is 7.54. The van der Waals surface area contributed by atoms with Crippen molar-refractivity contribution in [1.29, 1.82) is 0 Å². The van der Waals surface area contributed by atoms with E-state index in [0.717, 1.165) is 12.2 Å². The summed E-state index contributed by atoms with van der Waals surface area (Å²) in [5.74, 6) is 1.37. The van der Waals surface area contributed by atoms with Gasteiger partial charge in [-0.25, -0.2) is 0 Å². The summed E-state index contributed by atoms with van der Waals surface area (Å²) in [7, 11) is 1.68. The number of hydrogen-bond acceptors (Lipinski definition) is 2. The lowest BCUT2D eigenvalue weighted by Gasteiger charge is -2.25. The smallest absolute Gasteiger partial charge is 0.118 e. The van der Waals surface area contributed by atoms with Gasteiger partial charge in [0.2, 0.25) is 0 Å². The van der Waals surface area contributed by atoms with Crippen molar-refractivity contribution in [2.24, 2.45) is 5.92 Å². The van der Waals surface area contributed by atoms with Crippen molar-refractivity contribution in [3.63, 3.8) is 0 Å². The lowest BCUT2D eigenvalue weighted by molar-refractivity contribution is 0.0913. The second-order valence-electron chi connectivity index (χ2n) is 5.72. The first kappa shape index (κ1) is 14.4. The lowest BCUT2D eigenvalue weighted by atomic mass is 9.85. The quantitative estimate of drug-likeness (QED) is 0.890. The Morgan fingerprint density at radius 3 is 2.21 bits per heavy atom. The summed E-state index contributed by atoms with van der Waals surface area (Å²) in [6.45, 7) is 0. The molecule has 1 atom stereocenters. The molecule has 0 amide bonds. The zero-order valence-electron chi connectivity index (χ0n) is 12.0. The number of aliphatic hydroxyl groups excluding tert-OH is 1. The van der Waals surface area contributed by atoms with Gasteiger partial charge in [-0.2, -0.15) is 0 Å². The number of rotatable bonds is 4. The summed E-state index contributed by atoms with van der Waals surface area (Å²) < 4.78 is 5.16. The van der Waals surface area contributed by atoms with Crippen molar-refractivity contribution in [3.8, 4) is 5.75 Å². The predicted molar refractivity (Wildman–Crippen MR) is 78.5 cm³/mol. The summed E-state index contributed by atoms with van der Waals surface area (Å²) in [6.07, 6.45) is 9.59. The topological polar surface area (TPSA) is 29.5 Å². The molecule has 2 rings (SSSR count). The van der Waals surface area contributed by atoms with Crippen LogP contribution in [0.1, 0.15) is 50.5 Å². The zero-order chi connectivity index (χ0) is 13.5. The van der Waals surface area contributed by atoms with E-state index in [9.17, 15) is 5.11 Å². The SMILES string of the molecule is COc1ccc(CC(O)C2CCCCCCC2)cc1. The van der Waals surface area contributed by atoms with E-state index >= 15 is 0 Å². The fraction of sp³-hybridized carbons (Fsp3) is 0.647. The Bertz CT molecular complexity index is 350. The van der Waals surface area contributed by atoms with Gasteiger partial charge >= 0.3 is 0 Å². The molecule has 1 unspecified atom stereocenters. The molecule has 1 fully saturated rings. The van der Waals surface area contributed by atoms with E-state index in [4.69, 9.17) is 4.74 Å². The van der Waals surface area contributed by atoms with Crippen LogP contribution in [0, 0.1) is 5.92 Å². The first-order valence-electron chi connectivity index (χ1n) is 7.60. The highest BCUT2D eigenvalue weighted by molar-refractivity contribution is 5.27. The molecule has 106 valence electrons. The maximum absolute atomic E-state index is 10.4. The number of ether oxygens (including phenoxy) is 1. The second-order valence-corrected chi connectivity index (χ2v) is 5.72. The molecule has 1 saturated carbocycles. The Balaban J connectivity index is 1.88. The average Bonchev–Trinajstić information content (AvgIpc) is 2.39. The van der Waals surface area contributed by atoms with Crippen molar-refractivity contribution in [1.82, 2.24) is 0 Å². The monoisotopic (exact) mass is 262 g/mol. The van der Waals surface area contributed by atoms with Crippen molar-refractivity contribution in [2.45, 2.75) is 57.5 Å². The normalized spacial score (nSPS) is 19.5. The molecule has 19 heavy (non-hydrogen) atoms. The Morgan fingerprint density at radius 2 is 1.63 bits per heavy atom. The minimum Gasteiger partial charge on any atom is -0.497 e. The van der Waals surface area contributed by atoms with E-state index in [1.54, 1.807) is 7.11 Å². The lowest BCUT2D eigenvalue weighted by Crippen LogP contribution is -2.23. The van der Waals surface area contributed by atoms with Crippen LogP contribution in [0.15, 0.2) is 24.3 Å². The van der Waals surface area contributed by atoms with Crippen LogP contribution in [-0.4, -0.2) is 18.3 Å². The maximum Gasteiger partial charge on any atom is 0.118 e. The van der Waals surface area contributed by atoms with Gasteiger partial charge in [0.05, 0.1) is 13.2 Å². The zero-order valence-corrected chi connectivity index (χ0v) is 12.0. The van der Waals surface area contributed by atoms with Gasteiger partial charge in [0.15, 0.2) is 0 Å². The third kappa shape index (κ3) is 4.54. The fourth-order valence-electron chi connectivity index (χ4n) is 3.04. The fourth-order valence-corrected chi connectivity index (χ4v) is 3.04. The number of aliphatic hydroxyl groups is 1. The molecule has 0 bridgehead atoms. The maximum atomic E-state index is 10.4. The molecule has 0 saturated heterocycles. The van der Waals surface area contributed by atoms with Gasteiger partial charge in [0, 0.05) is 0 Å². The summed E-state index contributed by atoms with van der Waals surface area (Å²) >= 11 is 0. The van der Waals surface area contributed by atoms with Crippen LogP contribution < -0.4 is 4.74 Å². The van der Waals surface area contributed by atoms with Gasteiger partial charge in [-0.3, -0.25) is 0 Å². The van der Waals surface area contributed by atoms with E-state index in [-0.39, 0.29) is 6.10 Å². The molecular formula is C17H26O2. The minimum atomic E-state index is -0.188. The molecule has 1 aromatic rings. The van der Waals surface area contributed by atoms with Crippen LogP contribution in [0.4, 0.5) is 0 Å². The number of benzene rings is 1. The van der Waals surface area contributed by atoms with Gasteiger partial charge in [-0.1, -0.05) is 44.2 Å². The van der Waals surface area contributed by atoms with E-state index in [1.165, 1.54) is 50.5 Å². The molecule has 2 heteroatoms. The molecule has 0 spiro atoms. The van der Waals surface area contributed by atoms with Gasteiger partial charge in [-0.05, 0) is 42.9 Å². The van der Waals surface area contributed by atoms with E-state index in [0.29, 0.717) is 5.92 Å². The molecule has 0 heterocycles. The Morgan fingerprint density at radius 1 is 1.05 bits per heavy atom. The van der Waals surface area contributed by atoms with E-state index in [2.05, 4.69) is 12.1 Å². The molecule has 2 nitrogen and oxygen atoms in total. The molecule has 0 aliphatic heterocycles.